The van der Waals surface area contributed by atoms with Gasteiger partial charge in [0.1, 0.15) is 30.1 Å². The second-order valence-corrected chi connectivity index (χ2v) is 27.9. The average molecular weight is 1310 g/mol. The van der Waals surface area contributed by atoms with E-state index in [0.717, 1.165) is 11.8 Å². The first kappa shape index (κ1) is 76.9. The summed E-state index contributed by atoms with van der Waals surface area (Å²) in [7, 11) is -1.06. The molecule has 26 nitrogen and oxygen atoms in total. The van der Waals surface area contributed by atoms with Crippen molar-refractivity contribution in [2.75, 3.05) is 27.9 Å². The van der Waals surface area contributed by atoms with Crippen LogP contribution in [0.1, 0.15) is 171 Å². The number of hydrogen-bond donors (Lipinski definition) is 8. The lowest BCUT2D eigenvalue weighted by Crippen LogP contribution is -2.79. The number of aliphatic hydroxyl groups excluding tert-OH is 2. The average Bonchev–Trinajstić information content (AvgIpc) is 0.737. The highest BCUT2D eigenvalue weighted by atomic mass is 32.2. The van der Waals surface area contributed by atoms with Crippen LogP contribution in [-0.2, 0) is 77.0 Å². The minimum absolute atomic E-state index is 0.0104. The number of amides is 4. The van der Waals surface area contributed by atoms with Crippen LogP contribution in [0.2, 0.25) is 0 Å². The number of allylic oxidation sites excluding steroid dienone is 4. The van der Waals surface area contributed by atoms with Gasteiger partial charge < -0.3 is 69.7 Å². The molecule has 27 heteroatoms. The highest BCUT2D eigenvalue weighted by Crippen LogP contribution is 2.45. The predicted molar refractivity (Wildman–Crippen MR) is 331 cm³/mol. The molecule has 518 valence electrons. The number of Topliss-reactive ketones (excluding diaryl/α,β-unsaturated/α-hetero) is 3. The number of piperidine rings is 1. The molecule has 91 heavy (non-hydrogen) atoms. The summed E-state index contributed by atoms with van der Waals surface area (Å²) in [6.07, 6.45) is 3.57. The van der Waals surface area contributed by atoms with E-state index in [0.29, 0.717) is 64.2 Å². The molecule has 0 radical (unpaired) electrons. The molecule has 1 aliphatic carbocycles. The number of carbonyl (C=O) groups excluding carboxylic acids is 7. The summed E-state index contributed by atoms with van der Waals surface area (Å²) >= 11 is 0. The van der Waals surface area contributed by atoms with Gasteiger partial charge in [0, 0.05) is 64.9 Å². The summed E-state index contributed by atoms with van der Waals surface area (Å²) in [5.41, 5.74) is 5.66. The molecule has 22 atom stereocenters. The van der Waals surface area contributed by atoms with E-state index in [1.54, 1.807) is 27.7 Å². The van der Waals surface area contributed by atoms with Crippen molar-refractivity contribution in [3.63, 3.8) is 0 Å². The lowest BCUT2D eigenvalue weighted by molar-refractivity contribution is -0.392. The Kier molecular flexibility index (Phi) is 29.2. The van der Waals surface area contributed by atoms with Crippen LogP contribution >= 0.6 is 0 Å². The zero-order chi connectivity index (χ0) is 67.9. The van der Waals surface area contributed by atoms with Gasteiger partial charge in [-0.3, -0.25) is 28.5 Å². The number of fused-ring (bicyclic) bond motifs is 3. The van der Waals surface area contributed by atoms with E-state index in [9.17, 15) is 52.3 Å². The smallest absolute Gasteiger partial charge is 0.335 e. The minimum Gasteiger partial charge on any atom is -0.479 e. The third-order valence-electron chi connectivity index (χ3n) is 19.4. The SMILES string of the molecule is CCCCC(=O)NC1C(NC(N)=O)[C@H](NS(=O)(=O)O)[C@@](C)(O[C@@]23O[C@@H](CC[C@H]2C)C[C@H](OC)C(C)CC=C/C=C/[C@@H](C)C[C@@H](C)C(=O)[C@H](OC)[C@H](O)C(C)C[C@@H](C)C(=O)CC([C@H](C)C[C@@H]2CC[C@@H](O)[C@H](OC)C2)OC(=O)[C@@H]2CCCCN2C(=O)C3=O)O[C@@H]1C(=O)O. The van der Waals surface area contributed by atoms with Crippen LogP contribution in [0.5, 0.6) is 0 Å². The molecule has 2 bridgehead atoms. The van der Waals surface area contributed by atoms with Crippen molar-refractivity contribution < 1.29 is 99.8 Å². The van der Waals surface area contributed by atoms with Crippen LogP contribution in [0.15, 0.2) is 24.3 Å². The molecule has 0 aromatic carbocycles. The lowest BCUT2D eigenvalue weighted by Gasteiger charge is -2.55. The number of ketones is 3. The van der Waals surface area contributed by atoms with E-state index >= 15 is 14.4 Å². The fraction of sp³-hybridized carbons (Fsp3) is 0.812. The van der Waals surface area contributed by atoms with Gasteiger partial charge in [-0.05, 0) is 120 Å². The number of nitrogens with zero attached hydrogens (tertiary/aromatic N) is 1. The minimum atomic E-state index is -5.43. The van der Waals surface area contributed by atoms with E-state index < -0.39 is 160 Å². The van der Waals surface area contributed by atoms with Gasteiger partial charge in [0.05, 0.1) is 42.6 Å². The van der Waals surface area contributed by atoms with Crippen molar-refractivity contribution in [2.45, 2.75) is 256 Å². The summed E-state index contributed by atoms with van der Waals surface area (Å²) < 4.78 is 82.3. The number of carboxylic acid groups (broad SMARTS) is 1. The number of ether oxygens (including phenoxy) is 7. The Hall–Kier alpha value is -4.81. The quantitative estimate of drug-likeness (QED) is 0.0570. The number of primary amides is 1. The third kappa shape index (κ3) is 20.6. The number of nitrogens with two attached hydrogens (primary N) is 1. The number of unbranched alkanes of at least 4 members (excludes halogenated alkanes) is 1. The number of cyclic esters (lactones) is 1. The summed E-state index contributed by atoms with van der Waals surface area (Å²) in [6, 6.07) is -8.74. The van der Waals surface area contributed by atoms with E-state index in [2.05, 4.69) is 10.6 Å². The van der Waals surface area contributed by atoms with E-state index in [-0.39, 0.29) is 80.8 Å². The Labute approximate surface area is 536 Å². The molecule has 3 saturated heterocycles. The summed E-state index contributed by atoms with van der Waals surface area (Å²) in [5.74, 6) is -16.4. The Morgan fingerprint density at radius 1 is 0.835 bits per heavy atom. The monoisotopic (exact) mass is 1310 g/mol. The summed E-state index contributed by atoms with van der Waals surface area (Å²) in [5, 5.41) is 38.0. The van der Waals surface area contributed by atoms with Crippen molar-refractivity contribution >= 4 is 57.4 Å². The lowest BCUT2D eigenvalue weighted by atomic mass is 9.78. The Balaban J connectivity index is 1.67. The molecule has 0 aromatic rings. The number of carbonyl (C=O) groups is 8. The second kappa shape index (κ2) is 34.6. The van der Waals surface area contributed by atoms with E-state index in [1.165, 1.54) is 28.3 Å². The van der Waals surface area contributed by atoms with Gasteiger partial charge in [-0.1, -0.05) is 86.1 Å². The number of nitrogens with one attached hydrogen (secondary N) is 3. The van der Waals surface area contributed by atoms with Gasteiger partial charge in [-0.15, -0.1) is 0 Å². The number of urea groups is 1. The number of rotatable bonds is 16. The fourth-order valence-electron chi connectivity index (χ4n) is 14.0. The molecule has 5 aliphatic rings. The first-order valence-electron chi connectivity index (χ1n) is 32.5. The van der Waals surface area contributed by atoms with Crippen molar-refractivity contribution in [2.24, 2.45) is 53.1 Å². The number of carboxylic acids is 1. The molecule has 4 fully saturated rings. The van der Waals surface area contributed by atoms with Gasteiger partial charge in [-0.25, -0.2) is 14.4 Å². The fourth-order valence-corrected chi connectivity index (χ4v) is 14.7. The number of aliphatic carboxylic acids is 1. The maximum atomic E-state index is 16.0. The topological polar surface area (TPSA) is 382 Å². The van der Waals surface area contributed by atoms with Gasteiger partial charge in [0.2, 0.25) is 11.7 Å². The van der Waals surface area contributed by atoms with Gasteiger partial charge >= 0.3 is 28.3 Å². The third-order valence-corrected chi connectivity index (χ3v) is 20.0. The number of hydrogen-bond acceptors (Lipinski definition) is 19. The molecule has 0 spiro atoms. The van der Waals surface area contributed by atoms with Crippen LogP contribution in [0.4, 0.5) is 4.79 Å². The molecule has 4 heterocycles. The zero-order valence-electron chi connectivity index (χ0n) is 55.2. The number of esters is 1. The zero-order valence-corrected chi connectivity index (χ0v) is 56.1. The van der Waals surface area contributed by atoms with E-state index in [4.69, 9.17) is 38.9 Å². The molecule has 5 rings (SSSR count). The molecule has 5 unspecified atom stereocenters. The molecular formula is C64H105N5O21S. The Morgan fingerprint density at radius 3 is 2.15 bits per heavy atom. The van der Waals surface area contributed by atoms with E-state index in [1.807, 2.05) is 49.8 Å². The highest BCUT2D eigenvalue weighted by molar-refractivity contribution is 7.83. The Morgan fingerprint density at radius 2 is 1.53 bits per heavy atom. The molecule has 1 saturated carbocycles. The first-order chi connectivity index (χ1) is 42.7. The second-order valence-electron chi connectivity index (χ2n) is 26.7. The predicted octanol–water partition coefficient (Wildman–Crippen LogP) is 5.04. The number of aliphatic hydroxyl groups is 2. The van der Waals surface area contributed by atoms with Crippen LogP contribution in [0.3, 0.4) is 0 Å². The largest absolute Gasteiger partial charge is 0.479 e. The first-order valence-corrected chi connectivity index (χ1v) is 34.0. The van der Waals surface area contributed by atoms with Crippen molar-refractivity contribution in [1.82, 2.24) is 20.3 Å². The normalized spacial score (nSPS) is 38.4. The Bertz CT molecular complexity index is 2660. The van der Waals surface area contributed by atoms with Crippen LogP contribution < -0.4 is 21.1 Å². The molecule has 4 aliphatic heterocycles. The molecule has 9 N–H and O–H groups in total. The maximum absolute atomic E-state index is 16.0. The summed E-state index contributed by atoms with van der Waals surface area (Å²) in [6.45, 7) is 15.1. The van der Waals surface area contributed by atoms with Crippen molar-refractivity contribution in [3.05, 3.63) is 24.3 Å². The number of methoxy groups -OCH3 is 3. The van der Waals surface area contributed by atoms with Crippen molar-refractivity contribution in [1.29, 1.82) is 0 Å². The van der Waals surface area contributed by atoms with Crippen LogP contribution in [-0.4, -0.2) is 193 Å². The summed E-state index contributed by atoms with van der Waals surface area (Å²) in [4.78, 5) is 116. The maximum Gasteiger partial charge on any atom is 0.335 e. The standard InChI is InChI=1S/C64H105N5O21S/c1-13-14-23-50(72)66-51-52(67-62(65)80)57(68-91(81,82)83)63(9,89-55(51)60(77)78)90-64-41(8)24-26-43(88-64)33-47(84-10)36(3)21-17-15-16-20-35(2)29-39(6)53(73)56(86-12)54(74)40(7)30-37(4)46(71)34-48(38(5)31-42-25-27-45(70)49(32-42)85-11)87-61(79)44-22-18-19-28-69(44)59(76)58(64)75/h15-17,20,35-45,47-49,51-52,54-57,68,70,74H,13-14,18-19,21-34H2,1-12H3,(H,66,72)(H,77,78)(H3,65,67,80)(H,81,82,83)/b17-15?,20-16+/t35-,36?,37-,38-,39-,40?,41-,42+,43+,44+,45-,47+,48?,49-,51?,52?,54-,55+,56+,57+,63-,64+/m1/s1. The van der Waals surface area contributed by atoms with Gasteiger partial charge in [0.25, 0.3) is 11.7 Å². The van der Waals surface area contributed by atoms with Crippen LogP contribution in [0.25, 0.3) is 0 Å². The van der Waals surface area contributed by atoms with Crippen molar-refractivity contribution in [3.8, 4) is 0 Å². The van der Waals surface area contributed by atoms with Gasteiger partial charge in [-0.2, -0.15) is 13.1 Å². The molecule has 4 amide bonds. The highest BCUT2D eigenvalue weighted by Gasteiger charge is 2.65. The van der Waals surface area contributed by atoms with Crippen LogP contribution in [0, 0.1) is 47.3 Å². The molecular weight excluding hydrogens is 1210 g/mol. The molecule has 0 aromatic heterocycles. The van der Waals surface area contributed by atoms with Gasteiger partial charge in [0.15, 0.2) is 17.7 Å².